The van der Waals surface area contributed by atoms with Gasteiger partial charge in [-0.25, -0.2) is 17.7 Å². The van der Waals surface area contributed by atoms with Crippen molar-refractivity contribution in [1.29, 1.82) is 5.26 Å². The Morgan fingerprint density at radius 2 is 2.03 bits per heavy atom. The Morgan fingerprint density at radius 1 is 1.28 bits per heavy atom. The lowest BCUT2D eigenvalue weighted by Gasteiger charge is -2.41. The molecule has 1 saturated heterocycles. The van der Waals surface area contributed by atoms with Crippen LogP contribution >= 0.6 is 0 Å². The lowest BCUT2D eigenvalue weighted by Crippen LogP contribution is -2.51. The number of nitrogen functional groups attached to an aromatic ring is 1. The van der Waals surface area contributed by atoms with Crippen LogP contribution in [0.15, 0.2) is 35.6 Å². The lowest BCUT2D eigenvalue weighted by molar-refractivity contribution is -0.530. The van der Waals surface area contributed by atoms with Gasteiger partial charge in [0, 0.05) is 34.9 Å². The van der Waals surface area contributed by atoms with E-state index in [1.54, 1.807) is 15.4 Å². The predicted octanol–water partition coefficient (Wildman–Crippen LogP) is 5.47. The zero-order valence-corrected chi connectivity index (χ0v) is 20.8. The van der Waals surface area contributed by atoms with Crippen LogP contribution in [0.4, 0.5) is 30.5 Å². The van der Waals surface area contributed by atoms with E-state index in [0.717, 1.165) is 29.0 Å². The van der Waals surface area contributed by atoms with Gasteiger partial charge in [0.15, 0.2) is 11.9 Å². The minimum atomic E-state index is -2.47. The minimum Gasteiger partial charge on any atom is -0.367 e. The molecule has 0 spiro atoms. The first-order valence-corrected chi connectivity index (χ1v) is 11.8. The summed E-state index contributed by atoms with van der Waals surface area (Å²) in [6.45, 7) is 8.39. The lowest BCUT2D eigenvalue weighted by atomic mass is 9.99. The Morgan fingerprint density at radius 3 is 2.64 bits per heavy atom. The number of anilines is 1. The van der Waals surface area contributed by atoms with E-state index >= 15 is 0 Å². The molecule has 0 amide bonds. The Bertz CT molecular complexity index is 1340. The van der Waals surface area contributed by atoms with Crippen LogP contribution in [0, 0.1) is 11.3 Å². The van der Waals surface area contributed by atoms with Crippen molar-refractivity contribution in [2.24, 2.45) is 5.11 Å². The second kappa shape index (κ2) is 9.50. The summed E-state index contributed by atoms with van der Waals surface area (Å²) in [7, 11) is 0. The number of azo groups is 2. The molecular formula is C25H30F3N8+. The van der Waals surface area contributed by atoms with Crippen molar-refractivity contribution in [3.05, 3.63) is 36.2 Å². The predicted molar refractivity (Wildman–Crippen MR) is 131 cm³/mol. The molecule has 0 unspecified atom stereocenters. The van der Waals surface area contributed by atoms with Gasteiger partial charge in [-0.15, -0.1) is 5.10 Å². The number of nitrogens with two attached hydrogens (primary N) is 1. The van der Waals surface area contributed by atoms with Crippen LogP contribution < -0.4 is 5.73 Å². The third-order valence-corrected chi connectivity index (χ3v) is 6.19. The highest BCUT2D eigenvalue weighted by Crippen LogP contribution is 2.41. The van der Waals surface area contributed by atoms with E-state index < -0.39 is 12.1 Å². The van der Waals surface area contributed by atoms with Gasteiger partial charge < -0.3 is 5.73 Å². The average Bonchev–Trinajstić information content (AvgIpc) is 3.20. The van der Waals surface area contributed by atoms with Gasteiger partial charge in [0.25, 0.3) is 11.6 Å². The van der Waals surface area contributed by atoms with Crippen LogP contribution in [-0.2, 0) is 0 Å². The zero-order valence-electron chi connectivity index (χ0n) is 20.8. The Balaban J connectivity index is 0.000000214. The van der Waals surface area contributed by atoms with Crippen molar-refractivity contribution in [1.82, 2.24) is 19.5 Å². The number of halogens is 3. The fourth-order valence-corrected chi connectivity index (χ4v) is 4.39. The quantitative estimate of drug-likeness (QED) is 0.482. The van der Waals surface area contributed by atoms with Gasteiger partial charge in [0.1, 0.15) is 11.6 Å². The molecule has 36 heavy (non-hydrogen) atoms. The molecule has 1 aromatic carbocycles. The van der Waals surface area contributed by atoms with E-state index in [9.17, 15) is 18.4 Å². The molecule has 5 rings (SSSR count). The third kappa shape index (κ3) is 5.33. The third-order valence-electron chi connectivity index (χ3n) is 6.19. The number of alkyl halides is 3. The summed E-state index contributed by atoms with van der Waals surface area (Å²) in [6.07, 6.45) is 1.43. The molecule has 2 N–H and O–H groups in total. The largest absolute Gasteiger partial charge is 0.367 e. The Kier molecular flexibility index (Phi) is 6.75. The Hall–Kier alpha value is -3.52. The van der Waals surface area contributed by atoms with E-state index in [-0.39, 0.29) is 36.7 Å². The molecule has 0 aliphatic carbocycles. The van der Waals surface area contributed by atoms with Gasteiger partial charge in [0.2, 0.25) is 18.2 Å². The van der Waals surface area contributed by atoms with Crippen molar-refractivity contribution in [2.45, 2.75) is 58.2 Å². The molecule has 8 nitrogen and oxygen atoms in total. The van der Waals surface area contributed by atoms with E-state index in [4.69, 9.17) is 5.73 Å². The number of hydrogen-bond acceptors (Lipinski definition) is 6. The summed E-state index contributed by atoms with van der Waals surface area (Å²) >= 11 is 0. The van der Waals surface area contributed by atoms with E-state index in [1.807, 2.05) is 49.9 Å². The van der Waals surface area contributed by atoms with Gasteiger partial charge >= 0.3 is 0 Å². The van der Waals surface area contributed by atoms with Crippen LogP contribution in [0.2, 0.25) is 0 Å². The van der Waals surface area contributed by atoms with Crippen molar-refractivity contribution < 1.29 is 17.9 Å². The fourth-order valence-electron chi connectivity index (χ4n) is 4.39. The summed E-state index contributed by atoms with van der Waals surface area (Å²) in [5, 5.41) is 17.7. The summed E-state index contributed by atoms with van der Waals surface area (Å²) in [6, 6.07) is 9.61. The Labute approximate surface area is 207 Å². The maximum Gasteiger partial charge on any atom is 0.264 e. The number of aromatic nitrogens is 3. The highest BCUT2D eigenvalue weighted by atomic mass is 19.3. The molecule has 0 saturated carbocycles. The molecule has 11 heteroatoms. The highest BCUT2D eigenvalue weighted by Gasteiger charge is 2.38. The fraction of sp³-hybridized carbons (Fsp3) is 0.480. The monoisotopic (exact) mass is 499 g/mol. The SMILES string of the molecule is CC(C)(C)N1CCCC(F)(F)C1.C[C@H](F)C[N+]1=Nc2ccc(-c3ccn4nc(N)nc(C#N)c34)cc21. The number of likely N-dealkylation sites (tertiary alicyclic amines) is 1. The van der Waals surface area contributed by atoms with Crippen LogP contribution in [0.25, 0.3) is 16.6 Å². The zero-order chi connectivity index (χ0) is 26.3. The summed E-state index contributed by atoms with van der Waals surface area (Å²) in [5.41, 5.74) is 9.69. The van der Waals surface area contributed by atoms with Gasteiger partial charge in [0.05, 0.1) is 6.54 Å². The van der Waals surface area contributed by atoms with Crippen molar-refractivity contribution in [2.75, 3.05) is 25.4 Å². The van der Waals surface area contributed by atoms with Gasteiger partial charge in [-0.1, -0.05) is 10.8 Å². The number of hydrogen-bond donors (Lipinski definition) is 1. The maximum absolute atomic E-state index is 13.2. The smallest absolute Gasteiger partial charge is 0.264 e. The first-order chi connectivity index (χ1) is 16.9. The maximum atomic E-state index is 13.2. The number of piperidine rings is 1. The van der Waals surface area contributed by atoms with E-state index in [2.05, 4.69) is 21.3 Å². The first kappa shape index (κ1) is 25.6. The first-order valence-electron chi connectivity index (χ1n) is 11.8. The normalized spacial score (nSPS) is 17.8. The molecule has 0 radical (unpaired) electrons. The number of nitriles is 1. The second-order valence-corrected chi connectivity index (χ2v) is 10.2. The van der Waals surface area contributed by atoms with Gasteiger partial charge in [-0.2, -0.15) is 10.2 Å². The molecule has 4 heterocycles. The average molecular weight is 500 g/mol. The number of fused-ring (bicyclic) bond motifs is 2. The molecule has 1 atom stereocenters. The van der Waals surface area contributed by atoms with E-state index in [0.29, 0.717) is 11.9 Å². The molecular weight excluding hydrogens is 469 g/mol. The molecule has 2 aliphatic rings. The topological polar surface area (TPSA) is 98.6 Å². The number of benzene rings is 1. The molecule has 190 valence electrons. The molecule has 2 aliphatic heterocycles. The molecule has 3 aromatic rings. The van der Waals surface area contributed by atoms with Gasteiger partial charge in [-0.3, -0.25) is 4.90 Å². The van der Waals surface area contributed by atoms with Gasteiger partial charge in [-0.05, 0) is 58.4 Å². The summed E-state index contributed by atoms with van der Waals surface area (Å²) < 4.78 is 42.3. The molecule has 0 bridgehead atoms. The summed E-state index contributed by atoms with van der Waals surface area (Å²) in [5.74, 6) is -2.42. The van der Waals surface area contributed by atoms with Crippen LogP contribution in [-0.4, -0.2) is 61.5 Å². The van der Waals surface area contributed by atoms with Crippen LogP contribution in [0.1, 0.15) is 46.2 Å². The van der Waals surface area contributed by atoms with Crippen molar-refractivity contribution >= 4 is 22.8 Å². The minimum absolute atomic E-state index is 0.0419. The highest BCUT2D eigenvalue weighted by molar-refractivity contribution is 5.86. The molecule has 2 aromatic heterocycles. The molecule has 1 fully saturated rings. The van der Waals surface area contributed by atoms with E-state index in [1.165, 1.54) is 6.92 Å². The number of rotatable bonds is 3. The summed E-state index contributed by atoms with van der Waals surface area (Å²) in [4.78, 5) is 5.85. The second-order valence-electron chi connectivity index (χ2n) is 10.2. The number of nitrogens with zero attached hydrogens (tertiary/aromatic N) is 7. The van der Waals surface area contributed by atoms with Crippen molar-refractivity contribution in [3.63, 3.8) is 0 Å². The van der Waals surface area contributed by atoms with Crippen LogP contribution in [0.3, 0.4) is 0 Å². The van der Waals surface area contributed by atoms with Crippen LogP contribution in [0.5, 0.6) is 0 Å². The standard InChI is InChI=1S/C16H13FN7.C9H17F2N/c1-9(17)8-24-14-6-10(2-3-12(14)21-24)11-4-5-23-15(11)13(7-18)20-16(19)22-23;1-8(2,3)12-6-4-5-9(10,11)7-12/h2-6,9H,8H2,1H3,(H2,19,20,22);4-7H2,1-3H3/q+1;/t9-;/m0./s1. The van der Waals surface area contributed by atoms with Crippen molar-refractivity contribution in [3.8, 4) is 17.2 Å².